The minimum absolute atomic E-state index is 0.0584. The smallest absolute Gasteiger partial charge is 0.325 e. The Bertz CT molecular complexity index is 1070. The summed E-state index contributed by atoms with van der Waals surface area (Å²) in [5.74, 6) is 0.736. The molecule has 4 rings (SSSR count). The van der Waals surface area contributed by atoms with Crippen molar-refractivity contribution in [2.24, 2.45) is 5.92 Å². The van der Waals surface area contributed by atoms with Gasteiger partial charge in [-0.25, -0.2) is 4.79 Å². The number of amides is 4. The summed E-state index contributed by atoms with van der Waals surface area (Å²) >= 11 is 1.63. The number of carbonyl (C=O) groups excluding carboxylic acids is 3. The summed E-state index contributed by atoms with van der Waals surface area (Å²) in [6, 6.07) is 9.11. The van der Waals surface area contributed by atoms with E-state index in [0.29, 0.717) is 37.6 Å². The van der Waals surface area contributed by atoms with Gasteiger partial charge in [-0.3, -0.25) is 14.5 Å². The first kappa shape index (κ1) is 25.0. The highest BCUT2D eigenvalue weighted by Gasteiger charge is 2.55. The van der Waals surface area contributed by atoms with Gasteiger partial charge < -0.3 is 19.7 Å². The number of likely N-dealkylation sites (N-methyl/N-ethyl adjacent to an activating group) is 1. The molecule has 188 valence electrons. The summed E-state index contributed by atoms with van der Waals surface area (Å²) in [6.45, 7) is 4.86. The van der Waals surface area contributed by atoms with Gasteiger partial charge in [0.2, 0.25) is 5.91 Å². The fraction of sp³-hybridized carbons (Fsp3) is 0.500. The Hall–Kier alpha value is -3.07. The van der Waals surface area contributed by atoms with Crippen molar-refractivity contribution in [2.45, 2.75) is 58.2 Å². The molecule has 0 radical (unpaired) electrons. The molecule has 4 amide bonds. The molecule has 2 unspecified atom stereocenters. The first-order valence-electron chi connectivity index (χ1n) is 12.1. The average molecular weight is 500 g/mol. The van der Waals surface area contributed by atoms with Crippen LogP contribution in [-0.2, 0) is 22.7 Å². The van der Waals surface area contributed by atoms with Crippen molar-refractivity contribution < 1.29 is 23.9 Å². The number of hydrogen-bond donors (Lipinski definition) is 1. The van der Waals surface area contributed by atoms with Crippen LogP contribution in [0.3, 0.4) is 0 Å². The van der Waals surface area contributed by atoms with E-state index in [1.807, 2.05) is 49.6 Å². The maximum Gasteiger partial charge on any atom is 0.325 e. The van der Waals surface area contributed by atoms with Crippen molar-refractivity contribution >= 4 is 29.2 Å². The third kappa shape index (κ3) is 5.15. The summed E-state index contributed by atoms with van der Waals surface area (Å²) in [7, 11) is 1.58. The quantitative estimate of drug-likeness (QED) is 0.523. The second-order valence-electron chi connectivity index (χ2n) is 9.20. The summed E-state index contributed by atoms with van der Waals surface area (Å²) in [5, 5.41) is 4.92. The second kappa shape index (κ2) is 10.7. The van der Waals surface area contributed by atoms with E-state index in [-0.39, 0.29) is 24.3 Å². The second-order valence-corrected chi connectivity index (χ2v) is 10.2. The van der Waals surface area contributed by atoms with Crippen LogP contribution in [-0.4, -0.2) is 53.4 Å². The highest BCUT2D eigenvalue weighted by molar-refractivity contribution is 7.09. The molecule has 2 aliphatic rings. The van der Waals surface area contributed by atoms with Crippen LogP contribution >= 0.6 is 11.3 Å². The van der Waals surface area contributed by atoms with E-state index in [9.17, 15) is 14.4 Å². The minimum atomic E-state index is -0.862. The molecule has 8 nitrogen and oxygen atoms in total. The molecule has 1 aliphatic carbocycles. The summed E-state index contributed by atoms with van der Waals surface area (Å²) in [4.78, 5) is 42.9. The van der Waals surface area contributed by atoms with E-state index in [1.54, 1.807) is 23.3 Å². The van der Waals surface area contributed by atoms with Crippen molar-refractivity contribution in [1.29, 1.82) is 0 Å². The fourth-order valence-electron chi connectivity index (χ4n) is 4.94. The predicted octanol–water partition coefficient (Wildman–Crippen LogP) is 4.18. The van der Waals surface area contributed by atoms with E-state index >= 15 is 0 Å². The predicted molar refractivity (Wildman–Crippen MR) is 133 cm³/mol. The Morgan fingerprint density at radius 3 is 2.77 bits per heavy atom. The van der Waals surface area contributed by atoms with E-state index < -0.39 is 11.6 Å². The number of thiophene rings is 1. The Labute approximate surface area is 210 Å². The van der Waals surface area contributed by atoms with Crippen molar-refractivity contribution in [2.75, 3.05) is 20.2 Å². The van der Waals surface area contributed by atoms with Crippen LogP contribution in [0.15, 0.2) is 35.7 Å². The summed E-state index contributed by atoms with van der Waals surface area (Å²) in [6.07, 6.45) is 3.47. The lowest BCUT2D eigenvalue weighted by atomic mass is 9.73. The van der Waals surface area contributed by atoms with Crippen molar-refractivity contribution in [3.05, 3.63) is 46.2 Å². The summed E-state index contributed by atoms with van der Waals surface area (Å²) in [5.41, 5.74) is 0.00832. The van der Waals surface area contributed by atoms with E-state index in [1.165, 1.54) is 0 Å². The maximum absolute atomic E-state index is 13.2. The van der Waals surface area contributed by atoms with Crippen molar-refractivity contribution in [1.82, 2.24) is 15.1 Å². The lowest BCUT2D eigenvalue weighted by Crippen LogP contribution is -2.54. The molecule has 1 aromatic carbocycles. The number of imide groups is 1. The SMILES string of the molecule is CCN(Cc1ccc(OCc2cccs2)c(OC)c1)C(=O)CN1C(=O)NC2(CCCCC2C)C1=O. The van der Waals surface area contributed by atoms with Gasteiger partial charge in [0.05, 0.1) is 7.11 Å². The lowest BCUT2D eigenvalue weighted by Gasteiger charge is -2.36. The van der Waals surface area contributed by atoms with Gasteiger partial charge in [0, 0.05) is 18.0 Å². The fourth-order valence-corrected chi connectivity index (χ4v) is 5.56. The molecule has 1 N–H and O–H groups in total. The Balaban J connectivity index is 1.41. The van der Waals surface area contributed by atoms with E-state index in [4.69, 9.17) is 9.47 Å². The zero-order chi connectivity index (χ0) is 25.0. The Morgan fingerprint density at radius 1 is 1.26 bits per heavy atom. The van der Waals surface area contributed by atoms with Crippen molar-refractivity contribution in [3.8, 4) is 11.5 Å². The van der Waals surface area contributed by atoms with Crippen LogP contribution in [0.25, 0.3) is 0 Å². The largest absolute Gasteiger partial charge is 0.493 e. The number of benzene rings is 1. The summed E-state index contributed by atoms with van der Waals surface area (Å²) < 4.78 is 11.4. The number of nitrogens with one attached hydrogen (secondary N) is 1. The number of hydrogen-bond acceptors (Lipinski definition) is 6. The van der Waals surface area contributed by atoms with Crippen LogP contribution in [0.4, 0.5) is 4.79 Å². The average Bonchev–Trinajstić information content (AvgIpc) is 3.46. The molecule has 2 aromatic rings. The van der Waals surface area contributed by atoms with Gasteiger partial charge in [0.25, 0.3) is 5.91 Å². The molecule has 9 heteroatoms. The van der Waals surface area contributed by atoms with E-state index in [0.717, 1.165) is 34.6 Å². The number of nitrogens with zero attached hydrogens (tertiary/aromatic N) is 2. The van der Waals surface area contributed by atoms with Crippen LogP contribution in [0.5, 0.6) is 11.5 Å². The molecule has 1 saturated heterocycles. The van der Waals surface area contributed by atoms with Gasteiger partial charge in [-0.2, -0.15) is 0 Å². The third-order valence-corrected chi connectivity index (χ3v) is 7.93. The van der Waals surface area contributed by atoms with Gasteiger partial charge in [-0.05, 0) is 54.8 Å². The molecule has 1 aromatic heterocycles. The molecule has 1 aliphatic heterocycles. The molecular formula is C26H33N3O5S. The van der Waals surface area contributed by atoms with E-state index in [2.05, 4.69) is 5.32 Å². The zero-order valence-electron chi connectivity index (χ0n) is 20.5. The molecular weight excluding hydrogens is 466 g/mol. The number of ether oxygens (including phenoxy) is 2. The van der Waals surface area contributed by atoms with Crippen LogP contribution < -0.4 is 14.8 Å². The Kier molecular flexibility index (Phi) is 7.64. The van der Waals surface area contributed by atoms with Gasteiger partial charge >= 0.3 is 6.03 Å². The molecule has 1 spiro atoms. The zero-order valence-corrected chi connectivity index (χ0v) is 21.4. The van der Waals surface area contributed by atoms with Gasteiger partial charge in [0.15, 0.2) is 11.5 Å². The molecule has 2 atom stereocenters. The van der Waals surface area contributed by atoms with Crippen molar-refractivity contribution in [3.63, 3.8) is 0 Å². The first-order valence-corrected chi connectivity index (χ1v) is 13.0. The van der Waals surface area contributed by atoms with Gasteiger partial charge in [-0.1, -0.05) is 31.9 Å². The number of carbonyl (C=O) groups is 3. The highest BCUT2D eigenvalue weighted by Crippen LogP contribution is 2.38. The third-order valence-electron chi connectivity index (χ3n) is 7.08. The molecule has 35 heavy (non-hydrogen) atoms. The molecule has 2 heterocycles. The number of rotatable bonds is 9. The van der Waals surface area contributed by atoms with Gasteiger partial charge in [-0.15, -0.1) is 11.3 Å². The van der Waals surface area contributed by atoms with Crippen LogP contribution in [0.1, 0.15) is 50.0 Å². The first-order chi connectivity index (χ1) is 16.9. The topological polar surface area (TPSA) is 88.2 Å². The lowest BCUT2D eigenvalue weighted by molar-refractivity contribution is -0.140. The Morgan fingerprint density at radius 2 is 2.09 bits per heavy atom. The number of methoxy groups -OCH3 is 1. The molecule has 0 bridgehead atoms. The van der Waals surface area contributed by atoms with Gasteiger partial charge in [0.1, 0.15) is 18.7 Å². The highest BCUT2D eigenvalue weighted by atomic mass is 32.1. The standard InChI is InChI=1S/C26H33N3O5S/c1-4-28(15-19-10-11-21(22(14-19)33-3)34-17-20-9-7-13-35-20)23(30)16-29-24(31)26(27-25(29)32)12-6-5-8-18(26)2/h7,9-11,13-14,18H,4-6,8,12,15-17H2,1-3H3,(H,27,32). The molecule has 1 saturated carbocycles. The minimum Gasteiger partial charge on any atom is -0.493 e. The van der Waals surface area contributed by atoms with Crippen LogP contribution in [0, 0.1) is 5.92 Å². The van der Waals surface area contributed by atoms with Crippen LogP contribution in [0.2, 0.25) is 0 Å². The monoisotopic (exact) mass is 499 g/mol. The maximum atomic E-state index is 13.2. The molecule has 2 fully saturated rings. The number of urea groups is 1. The normalized spacial score (nSPS) is 21.8.